The van der Waals surface area contributed by atoms with E-state index >= 15 is 0 Å². The summed E-state index contributed by atoms with van der Waals surface area (Å²) in [6.07, 6.45) is 5.81. The van der Waals surface area contributed by atoms with Crippen molar-refractivity contribution in [1.82, 2.24) is 19.9 Å². The zero-order valence-electron chi connectivity index (χ0n) is 19.6. The van der Waals surface area contributed by atoms with Gasteiger partial charge in [0, 0.05) is 37.6 Å². The molecule has 1 amide bonds. The summed E-state index contributed by atoms with van der Waals surface area (Å²) >= 11 is 1.50. The van der Waals surface area contributed by atoms with E-state index in [2.05, 4.69) is 15.0 Å². The van der Waals surface area contributed by atoms with Crippen molar-refractivity contribution >= 4 is 33.0 Å². The molecule has 178 valence electrons. The van der Waals surface area contributed by atoms with Crippen LogP contribution in [0.5, 0.6) is 17.2 Å². The van der Waals surface area contributed by atoms with Crippen LogP contribution in [0.3, 0.4) is 0 Å². The maximum atomic E-state index is 13.5. The Labute approximate surface area is 206 Å². The number of methoxy groups -OCH3 is 3. The Bertz CT molecular complexity index is 1370. The van der Waals surface area contributed by atoms with Gasteiger partial charge in [-0.1, -0.05) is 18.2 Å². The lowest BCUT2D eigenvalue weighted by Crippen LogP contribution is -2.35. The third-order valence-corrected chi connectivity index (χ3v) is 6.97. The Balaban J connectivity index is 1.43. The minimum absolute atomic E-state index is 0.170. The molecule has 3 heterocycles. The molecule has 4 aromatic rings. The molecule has 0 saturated carbocycles. The zero-order chi connectivity index (χ0) is 24.4. The van der Waals surface area contributed by atoms with Crippen LogP contribution >= 0.6 is 11.3 Å². The van der Waals surface area contributed by atoms with Crippen LogP contribution in [0.1, 0.15) is 22.5 Å². The van der Waals surface area contributed by atoms with E-state index in [0.29, 0.717) is 53.2 Å². The number of thiazole rings is 1. The van der Waals surface area contributed by atoms with Gasteiger partial charge in [-0.2, -0.15) is 0 Å². The molecular formula is C26H24N4O4S. The predicted molar refractivity (Wildman–Crippen MR) is 135 cm³/mol. The van der Waals surface area contributed by atoms with Gasteiger partial charge in [0.2, 0.25) is 0 Å². The highest BCUT2D eigenvalue weighted by atomic mass is 32.1. The van der Waals surface area contributed by atoms with Gasteiger partial charge in [-0.25, -0.2) is 15.0 Å². The van der Waals surface area contributed by atoms with Gasteiger partial charge in [0.25, 0.3) is 5.91 Å². The van der Waals surface area contributed by atoms with E-state index in [-0.39, 0.29) is 5.91 Å². The second kappa shape index (κ2) is 9.71. The molecule has 35 heavy (non-hydrogen) atoms. The molecule has 0 atom stereocenters. The standard InChI is InChI=1S/C26H24N4O4S/c1-32-17-14-19(33-2)22(20(15-17)34-3)16-8-12-30(13-9-16)26(31)24-23(27-10-11-28-24)25-29-18-6-4-5-7-21(18)35-25/h4-8,10-11,14-15H,9,12-13H2,1-3H3. The summed E-state index contributed by atoms with van der Waals surface area (Å²) in [6.45, 7) is 0.960. The van der Waals surface area contributed by atoms with Gasteiger partial charge in [0.1, 0.15) is 28.0 Å². The van der Waals surface area contributed by atoms with Gasteiger partial charge in [-0.05, 0) is 24.1 Å². The molecule has 5 rings (SSSR count). The van der Waals surface area contributed by atoms with Gasteiger partial charge in [-0.15, -0.1) is 11.3 Å². The first-order chi connectivity index (χ1) is 17.1. The van der Waals surface area contributed by atoms with Crippen LogP contribution in [0.15, 0.2) is 54.9 Å². The summed E-state index contributed by atoms with van der Waals surface area (Å²) in [5, 5.41) is 0.684. The van der Waals surface area contributed by atoms with Gasteiger partial charge in [0.05, 0.1) is 37.1 Å². The molecule has 0 fully saturated rings. The average molecular weight is 489 g/mol. The first-order valence-corrected chi connectivity index (χ1v) is 11.9. The normalized spacial score (nSPS) is 13.5. The summed E-state index contributed by atoms with van der Waals surface area (Å²) in [5.41, 5.74) is 3.62. The van der Waals surface area contributed by atoms with E-state index in [4.69, 9.17) is 14.2 Å². The second-order valence-corrected chi connectivity index (χ2v) is 8.91. The lowest BCUT2D eigenvalue weighted by atomic mass is 9.97. The van der Waals surface area contributed by atoms with Crippen LogP contribution < -0.4 is 14.2 Å². The molecule has 2 aromatic heterocycles. The third kappa shape index (κ3) is 4.30. The molecule has 0 bridgehead atoms. The summed E-state index contributed by atoms with van der Waals surface area (Å²) < 4.78 is 17.6. The Morgan fingerprint density at radius 1 is 1.00 bits per heavy atom. The lowest BCUT2D eigenvalue weighted by molar-refractivity contribution is 0.0767. The van der Waals surface area contributed by atoms with Gasteiger partial charge in [0.15, 0.2) is 5.69 Å². The fourth-order valence-corrected chi connectivity index (χ4v) is 5.14. The molecule has 2 aromatic carbocycles. The maximum Gasteiger partial charge on any atom is 0.275 e. The quantitative estimate of drug-likeness (QED) is 0.388. The summed E-state index contributed by atoms with van der Waals surface area (Å²) in [6, 6.07) is 11.5. The fraction of sp³-hybridized carbons (Fsp3) is 0.231. The highest BCUT2D eigenvalue weighted by Crippen LogP contribution is 2.41. The lowest BCUT2D eigenvalue weighted by Gasteiger charge is -2.28. The number of ether oxygens (including phenoxy) is 3. The number of benzene rings is 2. The van der Waals surface area contributed by atoms with Gasteiger partial charge in [-0.3, -0.25) is 4.79 Å². The molecule has 0 aliphatic carbocycles. The number of aromatic nitrogens is 3. The largest absolute Gasteiger partial charge is 0.496 e. The number of fused-ring (bicyclic) bond motifs is 1. The SMILES string of the molecule is COc1cc(OC)c(C2=CCN(C(=O)c3nccnc3-c3nc4ccccc4s3)CC2)c(OC)c1. The Morgan fingerprint density at radius 2 is 1.74 bits per heavy atom. The first-order valence-electron chi connectivity index (χ1n) is 11.1. The van der Waals surface area contributed by atoms with Crippen molar-refractivity contribution in [3.63, 3.8) is 0 Å². The smallest absolute Gasteiger partial charge is 0.275 e. The number of rotatable bonds is 6. The van der Waals surface area contributed by atoms with Crippen LogP contribution in [0.25, 0.3) is 26.5 Å². The number of carbonyl (C=O) groups excluding carboxylic acids is 1. The topological polar surface area (TPSA) is 86.7 Å². The molecule has 0 radical (unpaired) electrons. The molecule has 1 aliphatic heterocycles. The molecule has 1 aliphatic rings. The van der Waals surface area contributed by atoms with E-state index in [9.17, 15) is 4.79 Å². The fourth-order valence-electron chi connectivity index (χ4n) is 4.18. The van der Waals surface area contributed by atoms with Crippen molar-refractivity contribution in [3.05, 3.63) is 66.1 Å². The van der Waals surface area contributed by atoms with Gasteiger partial charge >= 0.3 is 0 Å². The first kappa shape index (κ1) is 22.8. The van der Waals surface area contributed by atoms with E-state index in [1.807, 2.05) is 42.5 Å². The Kier molecular flexibility index (Phi) is 6.33. The van der Waals surface area contributed by atoms with E-state index in [1.165, 1.54) is 11.3 Å². The van der Waals surface area contributed by atoms with Crippen LogP contribution in [-0.2, 0) is 0 Å². The minimum Gasteiger partial charge on any atom is -0.496 e. The Hall–Kier alpha value is -3.98. The van der Waals surface area contributed by atoms with Crippen molar-refractivity contribution in [3.8, 4) is 28.0 Å². The van der Waals surface area contributed by atoms with Crippen molar-refractivity contribution in [2.75, 3.05) is 34.4 Å². The third-order valence-electron chi connectivity index (χ3n) is 5.93. The molecular weight excluding hydrogens is 464 g/mol. The number of carbonyl (C=O) groups is 1. The van der Waals surface area contributed by atoms with Crippen molar-refractivity contribution in [2.45, 2.75) is 6.42 Å². The zero-order valence-corrected chi connectivity index (χ0v) is 20.5. The summed E-state index contributed by atoms with van der Waals surface area (Å²) in [4.78, 5) is 28.8. The molecule has 0 unspecified atom stereocenters. The summed E-state index contributed by atoms with van der Waals surface area (Å²) in [5.74, 6) is 1.82. The van der Waals surface area contributed by atoms with Crippen LogP contribution in [0.4, 0.5) is 0 Å². The molecule has 0 saturated heterocycles. The number of para-hydroxylation sites is 1. The van der Waals surface area contributed by atoms with Crippen molar-refractivity contribution in [1.29, 1.82) is 0 Å². The average Bonchev–Trinajstić information content (AvgIpc) is 3.36. The predicted octanol–water partition coefficient (Wildman–Crippen LogP) is 4.71. The van der Waals surface area contributed by atoms with E-state index in [1.54, 1.807) is 38.6 Å². The number of hydrogen-bond donors (Lipinski definition) is 0. The van der Waals surface area contributed by atoms with Crippen LogP contribution in [-0.4, -0.2) is 60.2 Å². The summed E-state index contributed by atoms with van der Waals surface area (Å²) in [7, 11) is 4.84. The van der Waals surface area contributed by atoms with E-state index < -0.39 is 0 Å². The van der Waals surface area contributed by atoms with Crippen molar-refractivity contribution in [2.24, 2.45) is 0 Å². The molecule has 9 heteroatoms. The molecule has 0 spiro atoms. The monoisotopic (exact) mass is 488 g/mol. The molecule has 8 nitrogen and oxygen atoms in total. The number of amides is 1. The maximum absolute atomic E-state index is 13.5. The van der Waals surface area contributed by atoms with Gasteiger partial charge < -0.3 is 19.1 Å². The van der Waals surface area contributed by atoms with Crippen molar-refractivity contribution < 1.29 is 19.0 Å². The number of nitrogens with zero attached hydrogens (tertiary/aromatic N) is 4. The number of hydrogen-bond acceptors (Lipinski definition) is 8. The Morgan fingerprint density at radius 3 is 2.40 bits per heavy atom. The second-order valence-electron chi connectivity index (χ2n) is 7.88. The highest BCUT2D eigenvalue weighted by Gasteiger charge is 2.27. The highest BCUT2D eigenvalue weighted by molar-refractivity contribution is 7.21. The minimum atomic E-state index is -0.170. The van der Waals surface area contributed by atoms with Crippen LogP contribution in [0.2, 0.25) is 0 Å². The van der Waals surface area contributed by atoms with Crippen LogP contribution in [0, 0.1) is 0 Å². The molecule has 0 N–H and O–H groups in total. The van der Waals surface area contributed by atoms with E-state index in [0.717, 1.165) is 21.4 Å².